The monoisotopic (exact) mass is 156 g/mol. The molecule has 0 amide bonds. The average molecular weight is 156 g/mol. The molecule has 3 nitrogen and oxygen atoms in total. The van der Waals surface area contributed by atoms with Crippen molar-refractivity contribution in [2.45, 2.75) is 20.1 Å². The number of ether oxygens (including phenoxy) is 2. The van der Waals surface area contributed by atoms with Crippen LogP contribution in [0.2, 0.25) is 0 Å². The van der Waals surface area contributed by atoms with Crippen molar-refractivity contribution in [3.8, 4) is 0 Å². The molecule has 3 heteroatoms. The van der Waals surface area contributed by atoms with E-state index in [0.717, 1.165) is 0 Å². The minimum atomic E-state index is -0.486. The van der Waals surface area contributed by atoms with Gasteiger partial charge in [0, 0.05) is 5.41 Å². The molecule has 0 aliphatic carbocycles. The third-order valence-corrected chi connectivity index (χ3v) is 1.48. The summed E-state index contributed by atoms with van der Waals surface area (Å²) < 4.78 is 10.4. The van der Waals surface area contributed by atoms with Gasteiger partial charge in [-0.25, -0.2) is 4.79 Å². The highest BCUT2D eigenvalue weighted by Gasteiger charge is 2.26. The summed E-state index contributed by atoms with van der Waals surface area (Å²) in [4.78, 5) is 9.89. The van der Waals surface area contributed by atoms with Crippen LogP contribution in [0.15, 0.2) is 6.08 Å². The molecule has 1 rings (SSSR count). The van der Waals surface area contributed by atoms with Gasteiger partial charge in [-0.15, -0.1) is 0 Å². The summed E-state index contributed by atoms with van der Waals surface area (Å²) in [5.41, 5.74) is 0.0627. The van der Waals surface area contributed by atoms with Gasteiger partial charge in [0.1, 0.15) is 5.94 Å². The first kappa shape index (κ1) is 8.47. The van der Waals surface area contributed by atoms with Crippen molar-refractivity contribution >= 4 is 5.94 Å². The van der Waals surface area contributed by atoms with Crippen molar-refractivity contribution < 1.29 is 14.3 Å². The fraction of sp³-hybridized carbons (Fsp3) is 0.750. The maximum atomic E-state index is 9.89. The van der Waals surface area contributed by atoms with Crippen LogP contribution in [0, 0.1) is 5.41 Å². The van der Waals surface area contributed by atoms with Gasteiger partial charge in [-0.05, 0) is 0 Å². The van der Waals surface area contributed by atoms with E-state index in [1.54, 1.807) is 5.94 Å². The second-order valence-electron chi connectivity index (χ2n) is 3.44. The molecule has 0 unspecified atom stereocenters. The lowest BCUT2D eigenvalue weighted by molar-refractivity contribution is -0.197. The molecule has 0 radical (unpaired) electrons. The van der Waals surface area contributed by atoms with Gasteiger partial charge in [0.25, 0.3) is 0 Å². The fourth-order valence-electron chi connectivity index (χ4n) is 0.857. The summed E-state index contributed by atoms with van der Waals surface area (Å²) in [5.74, 6) is 1.64. The quantitative estimate of drug-likeness (QED) is 0.526. The van der Waals surface area contributed by atoms with Gasteiger partial charge >= 0.3 is 0 Å². The lowest BCUT2D eigenvalue weighted by Gasteiger charge is -2.32. The molecule has 0 atom stereocenters. The largest absolute Gasteiger partial charge is 0.348 e. The molecule has 1 aliphatic heterocycles. The Morgan fingerprint density at radius 3 is 2.45 bits per heavy atom. The standard InChI is InChI=1S/C8H12O3/c1-8(2)5-10-7(3-4-9)11-6-8/h3,7H,5-6H2,1-2H3. The highest BCUT2D eigenvalue weighted by Crippen LogP contribution is 2.22. The van der Waals surface area contributed by atoms with E-state index in [1.165, 1.54) is 6.08 Å². The Hall–Kier alpha value is -0.630. The van der Waals surface area contributed by atoms with Gasteiger partial charge in [-0.1, -0.05) is 13.8 Å². The first-order chi connectivity index (χ1) is 5.14. The Labute approximate surface area is 66.0 Å². The molecule has 1 saturated heterocycles. The summed E-state index contributed by atoms with van der Waals surface area (Å²) in [6.45, 7) is 5.34. The predicted molar refractivity (Wildman–Crippen MR) is 39.7 cm³/mol. The van der Waals surface area contributed by atoms with Crippen LogP contribution in [0.3, 0.4) is 0 Å². The first-order valence-corrected chi connectivity index (χ1v) is 3.58. The molecule has 1 aliphatic rings. The summed E-state index contributed by atoms with van der Waals surface area (Å²) in [6, 6.07) is 0. The molecule has 62 valence electrons. The van der Waals surface area contributed by atoms with Crippen LogP contribution < -0.4 is 0 Å². The minimum Gasteiger partial charge on any atom is -0.348 e. The maximum absolute atomic E-state index is 9.89. The van der Waals surface area contributed by atoms with Crippen molar-refractivity contribution in [1.82, 2.24) is 0 Å². The summed E-state index contributed by atoms with van der Waals surface area (Å²) in [6.07, 6.45) is 0.760. The first-order valence-electron chi connectivity index (χ1n) is 3.58. The van der Waals surface area contributed by atoms with Gasteiger partial charge < -0.3 is 9.47 Å². The van der Waals surface area contributed by atoms with Gasteiger partial charge in [-0.3, -0.25) is 0 Å². The number of hydrogen-bond acceptors (Lipinski definition) is 3. The summed E-state index contributed by atoms with van der Waals surface area (Å²) in [5, 5.41) is 0. The van der Waals surface area contributed by atoms with E-state index >= 15 is 0 Å². The Balaban J connectivity index is 2.42. The normalized spacial score (nSPS) is 24.2. The third kappa shape index (κ3) is 2.46. The van der Waals surface area contributed by atoms with Gasteiger partial charge in [0.05, 0.1) is 19.3 Å². The second kappa shape index (κ2) is 3.18. The van der Waals surface area contributed by atoms with E-state index in [1.807, 2.05) is 13.8 Å². The van der Waals surface area contributed by atoms with Crippen LogP contribution in [0.5, 0.6) is 0 Å². The van der Waals surface area contributed by atoms with Gasteiger partial charge in [-0.2, -0.15) is 0 Å². The molecule has 0 aromatic rings. The maximum Gasteiger partial charge on any atom is 0.187 e. The predicted octanol–water partition coefficient (Wildman–Crippen LogP) is 0.773. The second-order valence-corrected chi connectivity index (χ2v) is 3.44. The molecule has 0 N–H and O–H groups in total. The molecule has 1 fully saturated rings. The molecular formula is C8H12O3. The third-order valence-electron chi connectivity index (χ3n) is 1.48. The zero-order valence-corrected chi connectivity index (χ0v) is 6.79. The highest BCUT2D eigenvalue weighted by atomic mass is 16.7. The smallest absolute Gasteiger partial charge is 0.187 e. The minimum absolute atomic E-state index is 0.0627. The molecule has 0 aromatic carbocycles. The van der Waals surface area contributed by atoms with Crippen LogP contribution in [0.4, 0.5) is 0 Å². The molecule has 0 bridgehead atoms. The molecule has 11 heavy (non-hydrogen) atoms. The van der Waals surface area contributed by atoms with Crippen molar-refractivity contribution in [3.63, 3.8) is 0 Å². The van der Waals surface area contributed by atoms with E-state index in [9.17, 15) is 4.79 Å². The van der Waals surface area contributed by atoms with Crippen LogP contribution in [-0.2, 0) is 14.3 Å². The van der Waals surface area contributed by atoms with Crippen molar-refractivity contribution in [1.29, 1.82) is 0 Å². The van der Waals surface area contributed by atoms with Crippen molar-refractivity contribution in [2.75, 3.05) is 13.2 Å². The molecular weight excluding hydrogens is 144 g/mol. The number of rotatable bonds is 1. The Morgan fingerprint density at radius 2 is 2.00 bits per heavy atom. The molecule has 1 heterocycles. The molecule has 0 aromatic heterocycles. The SMILES string of the molecule is CC1(C)COC(C=C=O)OC1. The molecule has 0 saturated carbocycles. The lowest BCUT2D eigenvalue weighted by atomic mass is 9.96. The zero-order valence-electron chi connectivity index (χ0n) is 6.79. The summed E-state index contributed by atoms with van der Waals surface area (Å²) >= 11 is 0. The van der Waals surface area contributed by atoms with Crippen molar-refractivity contribution in [2.24, 2.45) is 5.41 Å². The Kier molecular flexibility index (Phi) is 2.45. The van der Waals surface area contributed by atoms with E-state index in [0.29, 0.717) is 13.2 Å². The van der Waals surface area contributed by atoms with Crippen LogP contribution in [-0.4, -0.2) is 25.4 Å². The molecule has 0 spiro atoms. The zero-order chi connectivity index (χ0) is 8.32. The summed E-state index contributed by atoms with van der Waals surface area (Å²) in [7, 11) is 0. The van der Waals surface area contributed by atoms with Crippen LogP contribution in [0.1, 0.15) is 13.8 Å². The van der Waals surface area contributed by atoms with Gasteiger partial charge in [0.15, 0.2) is 6.29 Å². The Bertz CT molecular complexity index is 170. The lowest BCUT2D eigenvalue weighted by Crippen LogP contribution is -2.36. The highest BCUT2D eigenvalue weighted by molar-refractivity contribution is 5.45. The Morgan fingerprint density at radius 1 is 1.45 bits per heavy atom. The topological polar surface area (TPSA) is 35.5 Å². The number of hydrogen-bond donors (Lipinski definition) is 0. The number of carbonyl (C=O) groups excluding carboxylic acids is 1. The van der Waals surface area contributed by atoms with Crippen LogP contribution in [0.25, 0.3) is 0 Å². The van der Waals surface area contributed by atoms with E-state index in [2.05, 4.69) is 0 Å². The van der Waals surface area contributed by atoms with E-state index in [-0.39, 0.29) is 5.41 Å². The van der Waals surface area contributed by atoms with E-state index < -0.39 is 6.29 Å². The van der Waals surface area contributed by atoms with Gasteiger partial charge in [0.2, 0.25) is 0 Å². The van der Waals surface area contributed by atoms with Crippen molar-refractivity contribution in [3.05, 3.63) is 6.08 Å². The van der Waals surface area contributed by atoms with E-state index in [4.69, 9.17) is 9.47 Å². The average Bonchev–Trinajstić information content (AvgIpc) is 1.94. The fourth-order valence-corrected chi connectivity index (χ4v) is 0.857. The van der Waals surface area contributed by atoms with Crippen LogP contribution >= 0.6 is 0 Å².